The van der Waals surface area contributed by atoms with Crippen LogP contribution in [0.5, 0.6) is 0 Å². The second kappa shape index (κ2) is 10.9. The number of benzene rings is 1. The van der Waals surface area contributed by atoms with Gasteiger partial charge in [0.25, 0.3) is 5.91 Å². The zero-order chi connectivity index (χ0) is 28.9. The van der Waals surface area contributed by atoms with Crippen molar-refractivity contribution in [3.8, 4) is 0 Å². The Labute approximate surface area is 248 Å². The van der Waals surface area contributed by atoms with Crippen molar-refractivity contribution >= 4 is 27.5 Å². The summed E-state index contributed by atoms with van der Waals surface area (Å²) < 4.78 is 34.8. The fourth-order valence-electron chi connectivity index (χ4n) is 7.15. The first-order valence-electron chi connectivity index (χ1n) is 14.8. The molecule has 1 saturated heterocycles. The number of nitrogens with one attached hydrogen (secondary N) is 1. The summed E-state index contributed by atoms with van der Waals surface area (Å²) in [6.45, 7) is 4.87. The lowest BCUT2D eigenvalue weighted by molar-refractivity contribution is -0.115. The minimum absolute atomic E-state index is 0.138. The molecule has 41 heavy (non-hydrogen) atoms. The molecular formula is C32H39ClN2O5S. The molecule has 2 aliphatic carbocycles. The number of epoxide rings is 1. The van der Waals surface area contributed by atoms with Crippen molar-refractivity contribution in [1.82, 2.24) is 9.62 Å². The number of allylic oxidation sites excluding steroid dienone is 3. The Morgan fingerprint density at radius 1 is 1.20 bits per heavy atom. The largest absolute Gasteiger partial charge is 0.482 e. The third-order valence-electron chi connectivity index (χ3n) is 10.0. The molecule has 1 unspecified atom stereocenters. The van der Waals surface area contributed by atoms with E-state index in [0.29, 0.717) is 18.9 Å². The predicted molar refractivity (Wildman–Crippen MR) is 159 cm³/mol. The number of hydrogen-bond acceptors (Lipinski definition) is 6. The molecule has 1 aromatic rings. The van der Waals surface area contributed by atoms with Crippen molar-refractivity contribution in [2.75, 3.05) is 13.1 Å². The van der Waals surface area contributed by atoms with Gasteiger partial charge in [0.1, 0.15) is 5.76 Å². The summed E-state index contributed by atoms with van der Waals surface area (Å²) in [5.74, 6) is 0.356. The highest BCUT2D eigenvalue weighted by atomic mass is 35.5. The third-order valence-corrected chi connectivity index (χ3v) is 12.2. The number of aliphatic hydroxyl groups excluding tert-OH is 1. The molecule has 3 heterocycles. The molecule has 1 saturated carbocycles. The van der Waals surface area contributed by atoms with Crippen LogP contribution in [0.2, 0.25) is 5.02 Å². The van der Waals surface area contributed by atoms with Gasteiger partial charge in [-0.2, -0.15) is 0 Å². The number of halogens is 1. The smallest absolute Gasteiger partial charge is 0.264 e. The summed E-state index contributed by atoms with van der Waals surface area (Å²) in [6.07, 6.45) is 15.5. The van der Waals surface area contributed by atoms with E-state index in [-0.39, 0.29) is 28.9 Å². The normalized spacial score (nSPS) is 40.6. The Bertz CT molecular complexity index is 1450. The number of carbonyl (C=O) groups excluding carboxylic acids is 1. The fraction of sp³-hybridized carbons (Fsp3) is 0.531. The monoisotopic (exact) mass is 598 g/mol. The second-order valence-corrected chi connectivity index (χ2v) is 15.0. The number of sulfonamides is 1. The molecule has 0 aromatic heterocycles. The summed E-state index contributed by atoms with van der Waals surface area (Å²) >= 11 is 6.39. The third kappa shape index (κ3) is 5.51. The van der Waals surface area contributed by atoms with Crippen LogP contribution in [0.3, 0.4) is 0 Å². The van der Waals surface area contributed by atoms with Crippen LogP contribution in [0.25, 0.3) is 0 Å². The second-order valence-electron chi connectivity index (χ2n) is 12.6. The number of carbonyl (C=O) groups is 1. The molecule has 7 atom stereocenters. The summed E-state index contributed by atoms with van der Waals surface area (Å²) in [7, 11) is -3.92. The Hall–Kier alpha value is -2.55. The van der Waals surface area contributed by atoms with Crippen molar-refractivity contribution in [3.63, 3.8) is 0 Å². The molecular weight excluding hydrogens is 560 g/mol. The van der Waals surface area contributed by atoms with E-state index in [4.69, 9.17) is 16.3 Å². The van der Waals surface area contributed by atoms with E-state index < -0.39 is 27.3 Å². The average Bonchev–Trinajstić information content (AvgIpc) is 3.69. The lowest BCUT2D eigenvalue weighted by Crippen LogP contribution is -2.49. The number of hydrogen-bond donors (Lipinski definition) is 2. The number of aryl methyl sites for hydroxylation is 1. The SMILES string of the molecule is C[C@@H]1[C@@H](C)C/C=C\[C@H](O)[C@@H]2CC[C@H]2CN2\C=C/C(=C\C=C3\OC3[C@]3(CCCc4cc(Cl)ccc43)C2)C(=O)NS1(=O)=O. The molecule has 6 rings (SSSR count). The van der Waals surface area contributed by atoms with Gasteiger partial charge in [-0.25, -0.2) is 13.1 Å². The highest BCUT2D eigenvalue weighted by Crippen LogP contribution is 2.52. The van der Waals surface area contributed by atoms with E-state index in [1.54, 1.807) is 19.1 Å². The van der Waals surface area contributed by atoms with Crippen LogP contribution < -0.4 is 4.72 Å². The van der Waals surface area contributed by atoms with E-state index in [1.165, 1.54) is 11.1 Å². The van der Waals surface area contributed by atoms with Gasteiger partial charge in [0.15, 0.2) is 6.10 Å². The number of nitrogens with zero attached hydrogens (tertiary/aromatic N) is 1. The molecule has 2 fully saturated rings. The lowest BCUT2D eigenvalue weighted by atomic mass is 9.66. The molecule has 3 aliphatic heterocycles. The molecule has 1 aromatic carbocycles. The Balaban J connectivity index is 1.42. The Morgan fingerprint density at radius 3 is 2.80 bits per heavy atom. The first-order valence-corrected chi connectivity index (χ1v) is 16.7. The van der Waals surface area contributed by atoms with Gasteiger partial charge in [0.05, 0.1) is 16.8 Å². The maximum atomic E-state index is 13.3. The standard InChI is InChI=1S/C32H39ClN2O5S/c1-20-5-3-7-28(36)26-11-8-24(26)18-35-16-14-22(31(37)34-41(38,39)21(20)2)9-13-29-30(40-29)32(19-35)15-4-6-23-17-25(33)10-12-27(23)32/h3,7,9-10,12-14,16-17,20-21,24,26,28,30,36H,4-6,8,11,15,18-19H2,1-2H3,(H,34,37)/b7-3-,16-14-,22-9+,29-13+/t20-,21+,24-,26+,28-,30?,32+/m0/s1. The highest BCUT2D eigenvalue weighted by molar-refractivity contribution is 7.90. The Morgan fingerprint density at radius 2 is 2.02 bits per heavy atom. The molecule has 9 heteroatoms. The quantitative estimate of drug-likeness (QED) is 0.330. The van der Waals surface area contributed by atoms with Crippen molar-refractivity contribution < 1.29 is 23.1 Å². The van der Waals surface area contributed by atoms with Crippen molar-refractivity contribution in [3.05, 3.63) is 82.3 Å². The zero-order valence-electron chi connectivity index (χ0n) is 23.6. The van der Waals surface area contributed by atoms with Crippen LogP contribution in [0, 0.1) is 17.8 Å². The number of ether oxygens (including phenoxy) is 1. The molecule has 0 radical (unpaired) electrons. The van der Waals surface area contributed by atoms with Gasteiger partial charge in [-0.05, 0) is 111 Å². The van der Waals surface area contributed by atoms with Crippen molar-refractivity contribution in [1.29, 1.82) is 0 Å². The average molecular weight is 599 g/mol. The molecule has 2 bridgehead atoms. The van der Waals surface area contributed by atoms with Crippen molar-refractivity contribution in [2.24, 2.45) is 17.8 Å². The minimum Gasteiger partial charge on any atom is -0.482 e. The summed E-state index contributed by atoms with van der Waals surface area (Å²) in [6, 6.07) is 6.17. The molecule has 1 spiro atoms. The fourth-order valence-corrected chi connectivity index (χ4v) is 8.63. The number of aliphatic hydroxyl groups is 1. The zero-order valence-corrected chi connectivity index (χ0v) is 25.2. The van der Waals surface area contributed by atoms with Gasteiger partial charge in [0.2, 0.25) is 10.0 Å². The van der Waals surface area contributed by atoms with Crippen LogP contribution >= 0.6 is 11.6 Å². The summed E-state index contributed by atoms with van der Waals surface area (Å²) in [4.78, 5) is 15.6. The summed E-state index contributed by atoms with van der Waals surface area (Å²) in [5, 5.41) is 11.0. The molecule has 7 nitrogen and oxygen atoms in total. The van der Waals surface area contributed by atoms with Gasteiger partial charge in [-0.1, -0.05) is 36.7 Å². The number of amides is 1. The van der Waals surface area contributed by atoms with E-state index in [2.05, 4.69) is 21.8 Å². The maximum Gasteiger partial charge on any atom is 0.264 e. The summed E-state index contributed by atoms with van der Waals surface area (Å²) in [5.41, 5.74) is 2.48. The molecule has 2 N–H and O–H groups in total. The van der Waals surface area contributed by atoms with Gasteiger partial charge >= 0.3 is 0 Å². The predicted octanol–water partition coefficient (Wildman–Crippen LogP) is 4.77. The van der Waals surface area contributed by atoms with Crippen LogP contribution in [-0.2, 0) is 31.4 Å². The highest BCUT2D eigenvalue weighted by Gasteiger charge is 2.55. The maximum absolute atomic E-state index is 13.3. The van der Waals surface area contributed by atoms with Crippen LogP contribution in [0.15, 0.2) is 66.1 Å². The number of fused-ring (bicyclic) bond motifs is 7. The minimum atomic E-state index is -3.92. The first-order chi connectivity index (χ1) is 19.6. The van der Waals surface area contributed by atoms with E-state index in [0.717, 1.165) is 49.4 Å². The van der Waals surface area contributed by atoms with Crippen LogP contribution in [0.4, 0.5) is 0 Å². The van der Waals surface area contributed by atoms with Gasteiger partial charge in [0, 0.05) is 23.7 Å². The first kappa shape index (κ1) is 28.6. The van der Waals surface area contributed by atoms with Gasteiger partial charge < -0.3 is 14.7 Å². The van der Waals surface area contributed by atoms with Gasteiger partial charge in [-0.15, -0.1) is 0 Å². The van der Waals surface area contributed by atoms with E-state index in [9.17, 15) is 18.3 Å². The van der Waals surface area contributed by atoms with Crippen LogP contribution in [0.1, 0.15) is 57.1 Å². The molecule has 1 amide bonds. The molecule has 220 valence electrons. The van der Waals surface area contributed by atoms with Crippen molar-refractivity contribution in [2.45, 2.75) is 75.2 Å². The lowest BCUT2D eigenvalue weighted by Gasteiger charge is -2.45. The Kier molecular flexibility index (Phi) is 7.62. The van der Waals surface area contributed by atoms with E-state index >= 15 is 0 Å². The van der Waals surface area contributed by atoms with Gasteiger partial charge in [-0.3, -0.25) is 4.79 Å². The van der Waals surface area contributed by atoms with Crippen LogP contribution in [-0.4, -0.2) is 54.9 Å². The molecule has 5 aliphatic rings. The topological polar surface area (TPSA) is 99.2 Å². The number of rotatable bonds is 0. The van der Waals surface area contributed by atoms with E-state index in [1.807, 2.05) is 37.4 Å².